The number of morpholine rings is 1. The van der Waals surface area contributed by atoms with Gasteiger partial charge in [0.2, 0.25) is 0 Å². The van der Waals surface area contributed by atoms with Crippen LogP contribution in [0.25, 0.3) is 0 Å². The van der Waals surface area contributed by atoms with E-state index in [0.29, 0.717) is 18.0 Å². The second-order valence-electron chi connectivity index (χ2n) is 5.84. The summed E-state index contributed by atoms with van der Waals surface area (Å²) < 4.78 is 16.0. The Balaban J connectivity index is 1.45. The lowest BCUT2D eigenvalue weighted by Crippen LogP contribution is -2.36. The molecule has 138 valence electrons. The highest BCUT2D eigenvalue weighted by atomic mass is 16.5. The van der Waals surface area contributed by atoms with Gasteiger partial charge in [0.25, 0.3) is 5.91 Å². The number of amides is 1. The number of hydrogen-bond acceptors (Lipinski definition) is 6. The zero-order chi connectivity index (χ0) is 18.2. The largest absolute Gasteiger partial charge is 0.493 e. The van der Waals surface area contributed by atoms with E-state index in [-0.39, 0.29) is 12.5 Å². The van der Waals surface area contributed by atoms with Crippen molar-refractivity contribution in [2.75, 3.05) is 44.9 Å². The highest BCUT2D eigenvalue weighted by Crippen LogP contribution is 2.25. The Bertz CT molecular complexity index is 715. The average molecular weight is 357 g/mol. The zero-order valence-electron chi connectivity index (χ0n) is 14.8. The monoisotopic (exact) mass is 357 g/mol. The van der Waals surface area contributed by atoms with Crippen molar-refractivity contribution < 1.29 is 19.0 Å². The van der Waals surface area contributed by atoms with Gasteiger partial charge < -0.3 is 24.4 Å². The number of carbonyl (C=O) groups excluding carboxylic acids is 1. The molecule has 3 rings (SSSR count). The summed E-state index contributed by atoms with van der Waals surface area (Å²) in [6, 6.07) is 11.2. The number of carbonyl (C=O) groups is 1. The molecule has 1 amide bonds. The molecule has 0 bridgehead atoms. The third kappa shape index (κ3) is 4.86. The summed E-state index contributed by atoms with van der Waals surface area (Å²) in [4.78, 5) is 18.6. The maximum absolute atomic E-state index is 12.0. The van der Waals surface area contributed by atoms with Gasteiger partial charge in [0.15, 0.2) is 18.1 Å². The van der Waals surface area contributed by atoms with Crippen molar-refractivity contribution in [3.8, 4) is 11.5 Å². The Morgan fingerprint density at radius 1 is 1.19 bits per heavy atom. The van der Waals surface area contributed by atoms with Gasteiger partial charge in [0, 0.05) is 25.8 Å². The van der Waals surface area contributed by atoms with Crippen molar-refractivity contribution in [1.29, 1.82) is 0 Å². The maximum Gasteiger partial charge on any atom is 0.258 e. The van der Waals surface area contributed by atoms with Crippen molar-refractivity contribution in [2.45, 2.75) is 6.54 Å². The topological polar surface area (TPSA) is 72.9 Å². The van der Waals surface area contributed by atoms with Crippen LogP contribution in [-0.2, 0) is 16.1 Å². The smallest absolute Gasteiger partial charge is 0.258 e. The van der Waals surface area contributed by atoms with E-state index >= 15 is 0 Å². The number of rotatable bonds is 7. The lowest BCUT2D eigenvalue weighted by atomic mass is 10.2. The van der Waals surface area contributed by atoms with Gasteiger partial charge in [0.05, 0.1) is 20.3 Å². The van der Waals surface area contributed by atoms with Gasteiger partial charge in [-0.25, -0.2) is 4.98 Å². The number of ether oxygens (including phenoxy) is 3. The van der Waals surface area contributed by atoms with Crippen molar-refractivity contribution >= 4 is 11.7 Å². The first kappa shape index (κ1) is 18.0. The third-order valence-corrected chi connectivity index (χ3v) is 4.06. The first-order valence-electron chi connectivity index (χ1n) is 8.56. The number of hydrogen-bond donors (Lipinski definition) is 1. The first-order valence-corrected chi connectivity index (χ1v) is 8.56. The number of nitrogens with one attached hydrogen (secondary N) is 1. The van der Waals surface area contributed by atoms with E-state index in [1.54, 1.807) is 25.4 Å². The molecular formula is C19H23N3O4. The van der Waals surface area contributed by atoms with Gasteiger partial charge in [-0.15, -0.1) is 0 Å². The van der Waals surface area contributed by atoms with Crippen molar-refractivity contribution in [3.63, 3.8) is 0 Å². The Kier molecular flexibility index (Phi) is 6.27. The molecular weight excluding hydrogens is 334 g/mol. The molecule has 1 fully saturated rings. The lowest BCUT2D eigenvalue weighted by Gasteiger charge is -2.27. The average Bonchev–Trinajstić information content (AvgIpc) is 2.72. The van der Waals surface area contributed by atoms with Crippen LogP contribution in [0, 0.1) is 0 Å². The van der Waals surface area contributed by atoms with Crippen molar-refractivity contribution in [3.05, 3.63) is 48.2 Å². The normalized spacial score (nSPS) is 14.0. The molecule has 26 heavy (non-hydrogen) atoms. The second-order valence-corrected chi connectivity index (χ2v) is 5.84. The van der Waals surface area contributed by atoms with E-state index in [2.05, 4.69) is 15.2 Å². The minimum Gasteiger partial charge on any atom is -0.493 e. The highest BCUT2D eigenvalue weighted by molar-refractivity contribution is 5.77. The second kappa shape index (κ2) is 9.05. The van der Waals surface area contributed by atoms with Gasteiger partial charge >= 0.3 is 0 Å². The zero-order valence-corrected chi connectivity index (χ0v) is 14.8. The Morgan fingerprint density at radius 3 is 2.65 bits per heavy atom. The summed E-state index contributed by atoms with van der Waals surface area (Å²) in [5, 5.41) is 2.83. The highest BCUT2D eigenvalue weighted by Gasteiger charge is 2.12. The van der Waals surface area contributed by atoms with Gasteiger partial charge in [-0.3, -0.25) is 4.79 Å². The summed E-state index contributed by atoms with van der Waals surface area (Å²) in [6.07, 6.45) is 1.78. The number of anilines is 1. The number of aromatic nitrogens is 1. The van der Waals surface area contributed by atoms with Crippen molar-refractivity contribution in [2.24, 2.45) is 0 Å². The van der Waals surface area contributed by atoms with Crippen LogP contribution in [0.2, 0.25) is 0 Å². The van der Waals surface area contributed by atoms with Crippen molar-refractivity contribution in [1.82, 2.24) is 10.3 Å². The van der Waals surface area contributed by atoms with Gasteiger partial charge in [-0.1, -0.05) is 18.2 Å². The van der Waals surface area contributed by atoms with E-state index in [0.717, 1.165) is 37.7 Å². The van der Waals surface area contributed by atoms with Crippen LogP contribution in [0.15, 0.2) is 42.6 Å². The standard InChI is InChI=1S/C19H23N3O4/c1-24-16-4-2-3-5-17(16)26-14-19(23)21-13-15-6-7-18(20-12-15)22-8-10-25-11-9-22/h2-7,12H,8-11,13-14H2,1H3,(H,21,23). The van der Waals surface area contributed by atoms with Gasteiger partial charge in [-0.05, 0) is 23.8 Å². The molecule has 0 unspecified atom stereocenters. The summed E-state index contributed by atoms with van der Waals surface area (Å²) in [5.74, 6) is 1.88. The van der Waals surface area contributed by atoms with E-state index in [9.17, 15) is 4.79 Å². The third-order valence-electron chi connectivity index (χ3n) is 4.06. The minimum absolute atomic E-state index is 0.0698. The minimum atomic E-state index is -0.201. The predicted molar refractivity (Wildman–Crippen MR) is 97.6 cm³/mol. The summed E-state index contributed by atoms with van der Waals surface area (Å²) >= 11 is 0. The molecule has 0 atom stereocenters. The van der Waals surface area contributed by atoms with E-state index < -0.39 is 0 Å². The lowest BCUT2D eigenvalue weighted by molar-refractivity contribution is -0.123. The molecule has 0 saturated carbocycles. The van der Waals surface area contributed by atoms with Crippen LogP contribution < -0.4 is 19.7 Å². The van der Waals surface area contributed by atoms with E-state index in [4.69, 9.17) is 14.2 Å². The number of pyridine rings is 1. The molecule has 2 aromatic rings. The maximum atomic E-state index is 12.0. The molecule has 1 aromatic carbocycles. The van der Waals surface area contributed by atoms with Crippen LogP contribution in [0.1, 0.15) is 5.56 Å². The number of benzene rings is 1. The molecule has 0 spiro atoms. The first-order chi connectivity index (χ1) is 12.8. The van der Waals surface area contributed by atoms with E-state index in [1.165, 1.54) is 0 Å². The Hall–Kier alpha value is -2.80. The van der Waals surface area contributed by atoms with Gasteiger partial charge in [-0.2, -0.15) is 0 Å². The quantitative estimate of drug-likeness (QED) is 0.812. The summed E-state index contributed by atoms with van der Waals surface area (Å²) in [6.45, 7) is 3.49. The molecule has 2 heterocycles. The summed E-state index contributed by atoms with van der Waals surface area (Å²) in [7, 11) is 1.57. The molecule has 1 N–H and O–H groups in total. The fourth-order valence-electron chi connectivity index (χ4n) is 2.63. The van der Waals surface area contributed by atoms with Crippen LogP contribution >= 0.6 is 0 Å². The molecule has 1 aliphatic heterocycles. The van der Waals surface area contributed by atoms with Crippen LogP contribution in [-0.4, -0.2) is 50.9 Å². The van der Waals surface area contributed by atoms with Gasteiger partial charge in [0.1, 0.15) is 5.82 Å². The SMILES string of the molecule is COc1ccccc1OCC(=O)NCc1ccc(N2CCOCC2)nc1. The molecule has 7 heteroatoms. The fraction of sp³-hybridized carbons (Fsp3) is 0.368. The van der Waals surface area contributed by atoms with Crippen LogP contribution in [0.3, 0.4) is 0 Å². The molecule has 1 saturated heterocycles. The predicted octanol–water partition coefficient (Wildman–Crippen LogP) is 1.62. The number of methoxy groups -OCH3 is 1. The molecule has 7 nitrogen and oxygen atoms in total. The molecule has 0 aliphatic carbocycles. The van der Waals surface area contributed by atoms with Crippen LogP contribution in [0.4, 0.5) is 5.82 Å². The number of para-hydroxylation sites is 2. The Morgan fingerprint density at radius 2 is 1.96 bits per heavy atom. The van der Waals surface area contributed by atoms with Crippen LogP contribution in [0.5, 0.6) is 11.5 Å². The molecule has 1 aromatic heterocycles. The molecule has 1 aliphatic rings. The summed E-state index contributed by atoms with van der Waals surface area (Å²) in [5.41, 5.74) is 0.938. The molecule has 0 radical (unpaired) electrons. The van der Waals surface area contributed by atoms with E-state index in [1.807, 2.05) is 24.3 Å². The fourth-order valence-corrected chi connectivity index (χ4v) is 2.63. The number of nitrogens with zero attached hydrogens (tertiary/aromatic N) is 2. The Labute approximate surface area is 152 Å².